The predicted octanol–water partition coefficient (Wildman–Crippen LogP) is 1.18. The molecule has 0 unspecified atom stereocenters. The fourth-order valence-corrected chi connectivity index (χ4v) is 2.41. The van der Waals surface area contributed by atoms with E-state index in [-0.39, 0.29) is 5.75 Å². The number of rotatable bonds is 11. The SMILES string of the molecule is C=CCCCCCN(C)C(=NC)NCCNS(=O)(=O)CC. The summed E-state index contributed by atoms with van der Waals surface area (Å²) in [4.78, 5) is 6.25. The van der Waals surface area contributed by atoms with Crippen LogP contribution in [-0.4, -0.2) is 58.8 Å². The third-order valence-electron chi connectivity index (χ3n) is 3.09. The van der Waals surface area contributed by atoms with Crippen LogP contribution in [0.3, 0.4) is 0 Å². The highest BCUT2D eigenvalue weighted by molar-refractivity contribution is 7.89. The van der Waals surface area contributed by atoms with Crippen LogP contribution in [0.25, 0.3) is 0 Å². The zero-order valence-electron chi connectivity index (χ0n) is 13.6. The van der Waals surface area contributed by atoms with Crippen molar-refractivity contribution in [2.45, 2.75) is 32.6 Å². The van der Waals surface area contributed by atoms with E-state index >= 15 is 0 Å². The van der Waals surface area contributed by atoms with E-state index < -0.39 is 10.0 Å². The van der Waals surface area contributed by atoms with Crippen molar-refractivity contribution in [3.05, 3.63) is 12.7 Å². The number of nitrogens with one attached hydrogen (secondary N) is 2. The minimum Gasteiger partial charge on any atom is -0.355 e. The van der Waals surface area contributed by atoms with Gasteiger partial charge in [0, 0.05) is 33.7 Å². The summed E-state index contributed by atoms with van der Waals surface area (Å²) in [5.74, 6) is 0.890. The number of hydrogen-bond donors (Lipinski definition) is 2. The standard InChI is InChI=1S/C14H30N4O2S/c1-5-7-8-9-10-13-18(4)14(15-3)16-11-12-17-21(19,20)6-2/h5,17H,1,6-13H2,2-4H3,(H,15,16). The molecular formula is C14H30N4O2S. The lowest BCUT2D eigenvalue weighted by atomic mass is 10.2. The number of sulfonamides is 1. The second-order valence-electron chi connectivity index (χ2n) is 4.83. The van der Waals surface area contributed by atoms with Gasteiger partial charge in [-0.25, -0.2) is 13.1 Å². The highest BCUT2D eigenvalue weighted by Crippen LogP contribution is 2.01. The minimum absolute atomic E-state index is 0.104. The van der Waals surface area contributed by atoms with Gasteiger partial charge in [-0.2, -0.15) is 0 Å². The smallest absolute Gasteiger partial charge is 0.211 e. The van der Waals surface area contributed by atoms with Crippen LogP contribution >= 0.6 is 0 Å². The van der Waals surface area contributed by atoms with Crippen molar-refractivity contribution in [2.75, 3.05) is 39.5 Å². The number of unbranched alkanes of at least 4 members (excludes halogenated alkanes) is 3. The van der Waals surface area contributed by atoms with Gasteiger partial charge < -0.3 is 10.2 Å². The van der Waals surface area contributed by atoms with Gasteiger partial charge in [-0.15, -0.1) is 6.58 Å². The zero-order valence-corrected chi connectivity index (χ0v) is 14.4. The molecular weight excluding hydrogens is 288 g/mol. The summed E-state index contributed by atoms with van der Waals surface area (Å²) < 4.78 is 25.1. The second-order valence-corrected chi connectivity index (χ2v) is 6.93. The molecule has 7 heteroatoms. The first kappa shape index (κ1) is 19.9. The highest BCUT2D eigenvalue weighted by atomic mass is 32.2. The lowest BCUT2D eigenvalue weighted by molar-refractivity contribution is 0.455. The molecule has 0 aliphatic heterocycles. The van der Waals surface area contributed by atoms with Crippen LogP contribution in [0.4, 0.5) is 0 Å². The van der Waals surface area contributed by atoms with Crippen molar-refractivity contribution in [3.63, 3.8) is 0 Å². The van der Waals surface area contributed by atoms with Gasteiger partial charge in [-0.1, -0.05) is 12.5 Å². The quantitative estimate of drug-likeness (QED) is 0.260. The molecule has 21 heavy (non-hydrogen) atoms. The van der Waals surface area contributed by atoms with Crippen molar-refractivity contribution in [2.24, 2.45) is 4.99 Å². The molecule has 0 rings (SSSR count). The van der Waals surface area contributed by atoms with Crippen molar-refractivity contribution in [3.8, 4) is 0 Å². The molecule has 6 nitrogen and oxygen atoms in total. The summed E-state index contributed by atoms with van der Waals surface area (Å²) in [6, 6.07) is 0. The molecule has 0 aromatic heterocycles. The summed E-state index contributed by atoms with van der Waals surface area (Å²) in [7, 11) is 0.595. The molecule has 0 radical (unpaired) electrons. The molecule has 0 fully saturated rings. The maximum atomic E-state index is 11.3. The van der Waals surface area contributed by atoms with Gasteiger partial charge in [0.2, 0.25) is 10.0 Å². The van der Waals surface area contributed by atoms with E-state index in [1.807, 2.05) is 13.1 Å². The summed E-state index contributed by atoms with van der Waals surface area (Å²) in [6.45, 7) is 7.14. The molecule has 0 heterocycles. The van der Waals surface area contributed by atoms with Crippen LogP contribution in [0.1, 0.15) is 32.6 Å². The first-order valence-electron chi connectivity index (χ1n) is 7.46. The summed E-state index contributed by atoms with van der Waals surface area (Å²) in [5.41, 5.74) is 0. The molecule has 124 valence electrons. The Morgan fingerprint density at radius 1 is 1.29 bits per heavy atom. The van der Waals surface area contributed by atoms with E-state index in [1.165, 1.54) is 12.8 Å². The maximum absolute atomic E-state index is 11.3. The molecule has 0 atom stereocenters. The molecule has 0 bridgehead atoms. The molecule has 0 amide bonds. The first-order chi connectivity index (χ1) is 9.96. The monoisotopic (exact) mass is 318 g/mol. The number of allylic oxidation sites excluding steroid dienone is 1. The molecule has 0 aromatic rings. The Balaban J connectivity index is 3.91. The van der Waals surface area contributed by atoms with E-state index in [0.29, 0.717) is 13.1 Å². The van der Waals surface area contributed by atoms with Gasteiger partial charge in [0.25, 0.3) is 0 Å². The number of nitrogens with zero attached hydrogens (tertiary/aromatic N) is 2. The molecule has 0 aliphatic carbocycles. The van der Waals surface area contributed by atoms with Crippen molar-refractivity contribution in [1.29, 1.82) is 0 Å². The van der Waals surface area contributed by atoms with Crippen LogP contribution < -0.4 is 10.0 Å². The lowest BCUT2D eigenvalue weighted by Crippen LogP contribution is -2.43. The zero-order chi connectivity index (χ0) is 16.1. The molecule has 2 N–H and O–H groups in total. The predicted molar refractivity (Wildman–Crippen MR) is 90.1 cm³/mol. The first-order valence-corrected chi connectivity index (χ1v) is 9.12. The van der Waals surface area contributed by atoms with Crippen LogP contribution in [0.15, 0.2) is 17.6 Å². The molecule has 0 aliphatic rings. The number of guanidine groups is 1. The average molecular weight is 318 g/mol. The largest absolute Gasteiger partial charge is 0.355 e. The lowest BCUT2D eigenvalue weighted by Gasteiger charge is -2.22. The molecule has 0 saturated carbocycles. The van der Waals surface area contributed by atoms with Gasteiger partial charge in [-0.05, 0) is 26.2 Å². The summed E-state index contributed by atoms with van der Waals surface area (Å²) >= 11 is 0. The number of hydrogen-bond acceptors (Lipinski definition) is 3. The average Bonchev–Trinajstić information content (AvgIpc) is 2.47. The van der Waals surface area contributed by atoms with Gasteiger partial charge in [0.1, 0.15) is 0 Å². The van der Waals surface area contributed by atoms with Crippen LogP contribution in [0.2, 0.25) is 0 Å². The minimum atomic E-state index is -3.12. The normalized spacial score (nSPS) is 12.2. The highest BCUT2D eigenvalue weighted by Gasteiger charge is 2.07. The third kappa shape index (κ3) is 10.3. The fraction of sp³-hybridized carbons (Fsp3) is 0.786. The van der Waals surface area contributed by atoms with Gasteiger partial charge in [0.05, 0.1) is 5.75 Å². The summed E-state index contributed by atoms with van der Waals surface area (Å²) in [5, 5.41) is 3.15. The Bertz CT molecular complexity index is 407. The van der Waals surface area contributed by atoms with E-state index in [0.717, 1.165) is 25.3 Å². The van der Waals surface area contributed by atoms with Crippen LogP contribution in [0.5, 0.6) is 0 Å². The van der Waals surface area contributed by atoms with Crippen LogP contribution in [-0.2, 0) is 10.0 Å². The second kappa shape index (κ2) is 11.6. The van der Waals surface area contributed by atoms with E-state index in [2.05, 4.69) is 26.5 Å². The Hall–Kier alpha value is -1.08. The maximum Gasteiger partial charge on any atom is 0.211 e. The Kier molecular flexibility index (Phi) is 11.0. The van der Waals surface area contributed by atoms with Crippen LogP contribution in [0, 0.1) is 0 Å². The molecule has 0 saturated heterocycles. The van der Waals surface area contributed by atoms with Gasteiger partial charge in [-0.3, -0.25) is 4.99 Å². The third-order valence-corrected chi connectivity index (χ3v) is 4.49. The van der Waals surface area contributed by atoms with E-state index in [4.69, 9.17) is 0 Å². The Labute approximate surface area is 129 Å². The van der Waals surface area contributed by atoms with Crippen molar-refractivity contribution >= 4 is 16.0 Å². The molecule has 0 spiro atoms. The van der Waals surface area contributed by atoms with E-state index in [1.54, 1.807) is 14.0 Å². The van der Waals surface area contributed by atoms with Crippen molar-refractivity contribution < 1.29 is 8.42 Å². The van der Waals surface area contributed by atoms with Crippen molar-refractivity contribution in [1.82, 2.24) is 14.9 Å². The fourth-order valence-electron chi connectivity index (χ4n) is 1.79. The van der Waals surface area contributed by atoms with E-state index in [9.17, 15) is 8.42 Å². The number of aliphatic imine (C=N–C) groups is 1. The van der Waals surface area contributed by atoms with Gasteiger partial charge >= 0.3 is 0 Å². The Morgan fingerprint density at radius 2 is 2.00 bits per heavy atom. The molecule has 0 aromatic carbocycles. The topological polar surface area (TPSA) is 73.8 Å². The summed E-state index contributed by atoms with van der Waals surface area (Å²) in [6.07, 6.45) is 6.45. The Morgan fingerprint density at radius 3 is 2.57 bits per heavy atom. The van der Waals surface area contributed by atoms with Gasteiger partial charge in [0.15, 0.2) is 5.96 Å².